The van der Waals surface area contributed by atoms with E-state index in [1.54, 1.807) is 0 Å². The van der Waals surface area contributed by atoms with Crippen molar-refractivity contribution in [3.05, 3.63) is 51.9 Å². The predicted molar refractivity (Wildman–Crippen MR) is 104 cm³/mol. The first kappa shape index (κ1) is 17.9. The SMILES string of the molecule is CC1=C(C=C2SC(=S)N(CCCC(=O)O)C2=O)c2ccccc2C1C. The van der Waals surface area contributed by atoms with Gasteiger partial charge in [-0.2, -0.15) is 0 Å². The van der Waals surface area contributed by atoms with Gasteiger partial charge in [-0.25, -0.2) is 0 Å². The summed E-state index contributed by atoms with van der Waals surface area (Å²) in [5.74, 6) is -0.654. The van der Waals surface area contributed by atoms with Crippen LogP contribution in [0.15, 0.2) is 40.8 Å². The molecule has 0 saturated carbocycles. The zero-order chi connectivity index (χ0) is 18.1. The Bertz CT molecular complexity index is 826. The Morgan fingerprint density at radius 3 is 2.84 bits per heavy atom. The number of amides is 1. The number of fused-ring (bicyclic) bond motifs is 1. The minimum atomic E-state index is -0.863. The first-order chi connectivity index (χ1) is 11.9. The molecule has 25 heavy (non-hydrogen) atoms. The summed E-state index contributed by atoms with van der Waals surface area (Å²) in [4.78, 5) is 25.4. The number of hydrogen-bond acceptors (Lipinski definition) is 4. The van der Waals surface area contributed by atoms with E-state index >= 15 is 0 Å². The molecule has 1 fully saturated rings. The molecule has 130 valence electrons. The van der Waals surface area contributed by atoms with Crippen LogP contribution in [0.25, 0.3) is 5.57 Å². The van der Waals surface area contributed by atoms with E-state index in [4.69, 9.17) is 17.3 Å². The molecule has 1 unspecified atom stereocenters. The number of aliphatic carboxylic acids is 1. The molecule has 1 aromatic rings. The fourth-order valence-corrected chi connectivity index (χ4v) is 4.49. The van der Waals surface area contributed by atoms with Crippen molar-refractivity contribution in [2.45, 2.75) is 32.6 Å². The Labute approximate surface area is 156 Å². The van der Waals surface area contributed by atoms with Crippen LogP contribution in [0.5, 0.6) is 0 Å². The molecule has 2 aliphatic rings. The Balaban J connectivity index is 1.84. The third-order valence-corrected chi connectivity index (χ3v) is 6.09. The summed E-state index contributed by atoms with van der Waals surface area (Å²) < 4.78 is 0.499. The molecule has 1 N–H and O–H groups in total. The van der Waals surface area contributed by atoms with Gasteiger partial charge in [-0.05, 0) is 36.1 Å². The lowest BCUT2D eigenvalue weighted by Crippen LogP contribution is -2.29. The highest BCUT2D eigenvalue weighted by molar-refractivity contribution is 8.26. The summed E-state index contributed by atoms with van der Waals surface area (Å²) >= 11 is 6.60. The molecule has 1 heterocycles. The third kappa shape index (κ3) is 3.41. The first-order valence-electron chi connectivity index (χ1n) is 8.17. The normalized spacial score (nSPS) is 21.4. The van der Waals surface area contributed by atoms with Crippen molar-refractivity contribution >= 4 is 45.7 Å². The maximum Gasteiger partial charge on any atom is 0.303 e. The van der Waals surface area contributed by atoms with Gasteiger partial charge in [0.25, 0.3) is 5.91 Å². The van der Waals surface area contributed by atoms with E-state index in [1.165, 1.54) is 33.4 Å². The topological polar surface area (TPSA) is 57.6 Å². The molecule has 1 atom stereocenters. The summed E-state index contributed by atoms with van der Waals surface area (Å²) in [7, 11) is 0. The van der Waals surface area contributed by atoms with Gasteiger partial charge in [0.05, 0.1) is 4.91 Å². The van der Waals surface area contributed by atoms with Crippen molar-refractivity contribution in [1.82, 2.24) is 4.90 Å². The van der Waals surface area contributed by atoms with Crippen molar-refractivity contribution in [3.63, 3.8) is 0 Å². The molecule has 1 saturated heterocycles. The maximum atomic E-state index is 12.7. The van der Waals surface area contributed by atoms with Crippen molar-refractivity contribution in [1.29, 1.82) is 0 Å². The zero-order valence-electron chi connectivity index (χ0n) is 14.1. The monoisotopic (exact) mass is 373 g/mol. The van der Waals surface area contributed by atoms with Crippen LogP contribution < -0.4 is 0 Å². The molecular formula is C19H19NO3S2. The summed E-state index contributed by atoms with van der Waals surface area (Å²) in [6, 6.07) is 8.26. The zero-order valence-corrected chi connectivity index (χ0v) is 15.7. The number of benzene rings is 1. The highest BCUT2D eigenvalue weighted by Crippen LogP contribution is 2.44. The van der Waals surface area contributed by atoms with Gasteiger partial charge in [0.15, 0.2) is 0 Å². The van der Waals surface area contributed by atoms with E-state index in [0.29, 0.717) is 28.1 Å². The number of carbonyl (C=O) groups excluding carboxylic acids is 1. The lowest BCUT2D eigenvalue weighted by Gasteiger charge is -2.13. The van der Waals surface area contributed by atoms with E-state index in [-0.39, 0.29) is 12.3 Å². The molecule has 1 aliphatic heterocycles. The fraction of sp³-hybridized carbons (Fsp3) is 0.316. The number of carbonyl (C=O) groups is 2. The second-order valence-electron chi connectivity index (χ2n) is 6.24. The summed E-state index contributed by atoms with van der Waals surface area (Å²) in [5.41, 5.74) is 4.79. The Morgan fingerprint density at radius 1 is 1.40 bits per heavy atom. The quantitative estimate of drug-likeness (QED) is 0.620. The Kier molecular flexibility index (Phi) is 5.11. The van der Waals surface area contributed by atoms with E-state index in [9.17, 15) is 9.59 Å². The second-order valence-corrected chi connectivity index (χ2v) is 7.91. The summed E-state index contributed by atoms with van der Waals surface area (Å²) in [6.07, 6.45) is 2.37. The Morgan fingerprint density at radius 2 is 2.12 bits per heavy atom. The molecule has 3 rings (SSSR count). The number of rotatable bonds is 5. The molecule has 0 aromatic heterocycles. The Hall–Kier alpha value is -1.92. The molecule has 0 radical (unpaired) electrons. The lowest BCUT2D eigenvalue weighted by atomic mass is 9.99. The second kappa shape index (κ2) is 7.14. The van der Waals surface area contributed by atoms with Crippen molar-refractivity contribution in [3.8, 4) is 0 Å². The maximum absolute atomic E-state index is 12.7. The predicted octanol–water partition coefficient (Wildman–Crippen LogP) is 4.19. The number of thiocarbonyl (C=S) groups is 1. The molecule has 4 nitrogen and oxygen atoms in total. The van der Waals surface area contributed by atoms with Crippen molar-refractivity contribution < 1.29 is 14.7 Å². The highest BCUT2D eigenvalue weighted by Gasteiger charge is 2.33. The fourth-order valence-electron chi connectivity index (χ4n) is 3.20. The number of hydrogen-bond donors (Lipinski definition) is 1. The van der Waals surface area contributed by atoms with Crippen LogP contribution >= 0.6 is 24.0 Å². The smallest absolute Gasteiger partial charge is 0.303 e. The van der Waals surface area contributed by atoms with Crippen LogP contribution in [0.2, 0.25) is 0 Å². The molecule has 6 heteroatoms. The van der Waals surface area contributed by atoms with E-state index in [2.05, 4.69) is 26.0 Å². The number of thioether (sulfide) groups is 1. The number of nitrogens with zero attached hydrogens (tertiary/aromatic N) is 1. The van der Waals surface area contributed by atoms with Crippen molar-refractivity contribution in [2.75, 3.05) is 6.54 Å². The summed E-state index contributed by atoms with van der Waals surface area (Å²) in [6.45, 7) is 4.62. The van der Waals surface area contributed by atoms with Crippen LogP contribution in [0, 0.1) is 0 Å². The molecule has 1 aliphatic carbocycles. The van der Waals surface area contributed by atoms with Gasteiger partial charge in [0.2, 0.25) is 0 Å². The molecule has 1 aromatic carbocycles. The average Bonchev–Trinajstić information content (AvgIpc) is 2.98. The van der Waals surface area contributed by atoms with Crippen LogP contribution in [0.1, 0.15) is 43.7 Å². The standard InChI is InChI=1S/C19H19NO3S2/c1-11-12(2)15(14-7-4-3-6-13(11)14)10-16-18(23)20(19(24)25-16)9-5-8-17(21)22/h3-4,6-7,10-11H,5,8-9H2,1-2H3,(H,21,22). The first-order valence-corrected chi connectivity index (χ1v) is 9.40. The van der Waals surface area contributed by atoms with Crippen molar-refractivity contribution in [2.24, 2.45) is 0 Å². The van der Waals surface area contributed by atoms with Gasteiger partial charge in [0.1, 0.15) is 4.32 Å². The minimum absolute atomic E-state index is 0.0330. The lowest BCUT2D eigenvalue weighted by molar-refractivity contribution is -0.137. The highest BCUT2D eigenvalue weighted by atomic mass is 32.2. The van der Waals surface area contributed by atoms with Crippen LogP contribution in [-0.2, 0) is 9.59 Å². The van der Waals surface area contributed by atoms with Gasteiger partial charge in [-0.1, -0.05) is 60.7 Å². The van der Waals surface area contributed by atoms with Crippen LogP contribution in [0.4, 0.5) is 0 Å². The molecule has 0 spiro atoms. The van der Waals surface area contributed by atoms with Gasteiger partial charge in [0, 0.05) is 18.9 Å². The summed E-state index contributed by atoms with van der Waals surface area (Å²) in [5, 5.41) is 8.75. The van der Waals surface area contributed by atoms with E-state index in [0.717, 1.165) is 5.57 Å². The van der Waals surface area contributed by atoms with Gasteiger partial charge >= 0.3 is 5.97 Å². The van der Waals surface area contributed by atoms with E-state index < -0.39 is 5.97 Å². The largest absolute Gasteiger partial charge is 0.481 e. The van der Waals surface area contributed by atoms with Gasteiger partial charge in [-0.3, -0.25) is 14.5 Å². The third-order valence-electron chi connectivity index (χ3n) is 4.71. The van der Waals surface area contributed by atoms with Crippen LogP contribution in [-0.4, -0.2) is 32.7 Å². The van der Waals surface area contributed by atoms with Gasteiger partial charge in [-0.15, -0.1) is 0 Å². The van der Waals surface area contributed by atoms with Gasteiger partial charge < -0.3 is 5.11 Å². The number of carboxylic acids is 1. The number of allylic oxidation sites excluding steroid dienone is 3. The molecular weight excluding hydrogens is 354 g/mol. The minimum Gasteiger partial charge on any atom is -0.481 e. The number of carboxylic acid groups (broad SMARTS) is 1. The average molecular weight is 373 g/mol. The molecule has 0 bridgehead atoms. The molecule has 1 amide bonds. The van der Waals surface area contributed by atoms with E-state index in [1.807, 2.05) is 18.2 Å². The van der Waals surface area contributed by atoms with Crippen LogP contribution in [0.3, 0.4) is 0 Å².